The quantitative estimate of drug-likeness (QED) is 0.254. The Hall–Kier alpha value is -3.49. The molecule has 3 atom stereocenters. The normalized spacial score (nSPS) is 21.5. The van der Waals surface area contributed by atoms with E-state index in [9.17, 15) is 31.5 Å². The van der Waals surface area contributed by atoms with E-state index < -0.39 is 58.7 Å². The minimum absolute atomic E-state index is 0.163. The Morgan fingerprint density at radius 1 is 1.06 bits per heavy atom. The highest BCUT2D eigenvalue weighted by atomic mass is 19.2. The zero-order valence-electron chi connectivity index (χ0n) is 18.2. The minimum atomic E-state index is -2.33. The molecule has 4 rings (SSSR count). The Kier molecular flexibility index (Phi) is 6.29. The predicted octanol–water partition coefficient (Wildman–Crippen LogP) is 5.31. The molecule has 0 aliphatic carbocycles. The Labute approximate surface area is 193 Å². The summed E-state index contributed by atoms with van der Waals surface area (Å²) in [6, 6.07) is 5.52. The van der Waals surface area contributed by atoms with Crippen LogP contribution in [0.4, 0.5) is 22.0 Å². The maximum atomic E-state index is 14.4. The van der Waals surface area contributed by atoms with E-state index in [0.717, 1.165) is 10.5 Å². The Balaban J connectivity index is 1.77. The van der Waals surface area contributed by atoms with E-state index in [4.69, 9.17) is 0 Å². The van der Waals surface area contributed by atoms with Gasteiger partial charge in [-0.05, 0) is 31.4 Å². The molecule has 1 saturated heterocycles. The maximum Gasteiger partial charge on any atom is 0.260 e. The molecule has 2 heterocycles. The highest BCUT2D eigenvalue weighted by Gasteiger charge is 2.47. The molecule has 0 spiro atoms. The van der Waals surface area contributed by atoms with Crippen molar-refractivity contribution in [2.75, 3.05) is 6.54 Å². The second kappa shape index (κ2) is 9.04. The van der Waals surface area contributed by atoms with Crippen LogP contribution < -0.4 is 0 Å². The molecule has 1 unspecified atom stereocenters. The van der Waals surface area contributed by atoms with Crippen LogP contribution in [-0.4, -0.2) is 40.2 Å². The van der Waals surface area contributed by atoms with Crippen molar-refractivity contribution in [3.05, 3.63) is 94.8 Å². The second-order valence-corrected chi connectivity index (χ2v) is 8.22. The summed E-state index contributed by atoms with van der Waals surface area (Å²) in [7, 11) is 0. The van der Waals surface area contributed by atoms with Gasteiger partial charge in [-0.1, -0.05) is 36.4 Å². The molecule has 2 aliphatic heterocycles. The number of hydrogen-bond acceptors (Lipinski definition) is 2. The summed E-state index contributed by atoms with van der Waals surface area (Å²) in [5.74, 6) is -12.6. The molecule has 2 aliphatic rings. The number of benzene rings is 2. The lowest BCUT2D eigenvalue weighted by atomic mass is 9.88. The van der Waals surface area contributed by atoms with Gasteiger partial charge in [0.1, 0.15) is 5.56 Å². The first-order valence-electron chi connectivity index (χ1n) is 10.7. The zero-order chi connectivity index (χ0) is 24.7. The lowest BCUT2D eigenvalue weighted by molar-refractivity contribution is 0.0343. The van der Waals surface area contributed by atoms with Crippen LogP contribution in [0.5, 0.6) is 0 Å². The molecule has 0 N–H and O–H groups in total. The number of hydrogen-bond donors (Lipinski definition) is 0. The van der Waals surface area contributed by atoms with E-state index in [1.165, 1.54) is 6.08 Å². The maximum absolute atomic E-state index is 14.4. The van der Waals surface area contributed by atoms with Crippen molar-refractivity contribution in [1.29, 1.82) is 0 Å². The number of piperidine rings is 1. The summed E-state index contributed by atoms with van der Waals surface area (Å²) in [5.41, 5.74) is -0.218. The SMILES string of the molecule is C=CCN(C(=O)c1c(F)c(F)c(F)c(F)c1F)C1C[C@@H]2c3ccccc3C(=O)N2[C@@H](/C=C/C)C1. The van der Waals surface area contributed by atoms with Gasteiger partial charge >= 0.3 is 0 Å². The van der Waals surface area contributed by atoms with Crippen LogP contribution in [0.25, 0.3) is 0 Å². The fourth-order valence-corrected chi connectivity index (χ4v) is 4.90. The minimum Gasteiger partial charge on any atom is -0.332 e. The second-order valence-electron chi connectivity index (χ2n) is 8.22. The van der Waals surface area contributed by atoms with Gasteiger partial charge in [0.05, 0.1) is 12.1 Å². The molecule has 9 heteroatoms. The smallest absolute Gasteiger partial charge is 0.260 e. The van der Waals surface area contributed by atoms with Crippen LogP contribution in [0.2, 0.25) is 0 Å². The van der Waals surface area contributed by atoms with Gasteiger partial charge in [-0.3, -0.25) is 9.59 Å². The monoisotopic (exact) mass is 476 g/mol. The highest BCUT2D eigenvalue weighted by molar-refractivity contribution is 6.00. The number of halogens is 5. The van der Waals surface area contributed by atoms with Gasteiger partial charge in [0.2, 0.25) is 5.82 Å². The molecule has 4 nitrogen and oxygen atoms in total. The third kappa shape index (κ3) is 3.59. The van der Waals surface area contributed by atoms with E-state index in [1.807, 2.05) is 0 Å². The van der Waals surface area contributed by atoms with Crippen molar-refractivity contribution in [2.24, 2.45) is 0 Å². The average molecular weight is 476 g/mol. The summed E-state index contributed by atoms with van der Waals surface area (Å²) in [6.45, 7) is 5.15. The van der Waals surface area contributed by atoms with Crippen molar-refractivity contribution in [2.45, 2.75) is 37.9 Å². The molecule has 2 aromatic rings. The highest BCUT2D eigenvalue weighted by Crippen LogP contribution is 2.44. The Bertz CT molecular complexity index is 1180. The van der Waals surface area contributed by atoms with Gasteiger partial charge in [-0.25, -0.2) is 22.0 Å². The van der Waals surface area contributed by atoms with E-state index >= 15 is 0 Å². The molecule has 34 heavy (non-hydrogen) atoms. The van der Waals surface area contributed by atoms with Crippen molar-refractivity contribution in [3.8, 4) is 0 Å². The number of amides is 2. The zero-order valence-corrected chi connectivity index (χ0v) is 18.2. The topological polar surface area (TPSA) is 40.6 Å². The van der Waals surface area contributed by atoms with Crippen molar-refractivity contribution < 1.29 is 31.5 Å². The average Bonchev–Trinajstić information content (AvgIpc) is 3.12. The van der Waals surface area contributed by atoms with E-state index in [0.29, 0.717) is 5.56 Å². The van der Waals surface area contributed by atoms with Gasteiger partial charge in [0, 0.05) is 18.2 Å². The first kappa shape index (κ1) is 23.7. The molecule has 1 fully saturated rings. The fourth-order valence-electron chi connectivity index (χ4n) is 4.90. The van der Waals surface area contributed by atoms with Crippen molar-refractivity contribution >= 4 is 11.8 Å². The van der Waals surface area contributed by atoms with Crippen LogP contribution in [0.15, 0.2) is 49.1 Å². The van der Waals surface area contributed by atoms with Crippen molar-refractivity contribution in [1.82, 2.24) is 9.80 Å². The number of carbonyl (C=O) groups is 2. The lowest BCUT2D eigenvalue weighted by Gasteiger charge is -2.44. The van der Waals surface area contributed by atoms with Crippen LogP contribution >= 0.6 is 0 Å². The molecule has 0 bridgehead atoms. The standard InChI is InChI=1S/C25H21F5N2O2/c1-3-7-13-11-14(12-17-15-8-5-6-9-16(15)24(33)32(13)17)31(10-4-2)25(34)18-19(26)21(28)23(30)22(29)20(18)27/h3-9,13-14,17H,2,10-12H2,1H3/b7-3+/t13-,14?,17+/m0/s1. The Morgan fingerprint density at radius 2 is 1.68 bits per heavy atom. The summed E-state index contributed by atoms with van der Waals surface area (Å²) in [4.78, 5) is 29.0. The van der Waals surface area contributed by atoms with Crippen LogP contribution in [0, 0.1) is 29.1 Å². The number of carbonyl (C=O) groups excluding carboxylic acids is 2. The van der Waals surface area contributed by atoms with Gasteiger partial charge in [0.15, 0.2) is 23.3 Å². The summed E-state index contributed by atoms with van der Waals surface area (Å²) < 4.78 is 70.0. The van der Waals surface area contributed by atoms with Gasteiger partial charge in [-0.15, -0.1) is 6.58 Å². The molecular weight excluding hydrogens is 455 g/mol. The molecular formula is C25H21F5N2O2. The predicted molar refractivity (Wildman–Crippen MR) is 114 cm³/mol. The molecule has 0 saturated carbocycles. The van der Waals surface area contributed by atoms with Crippen molar-refractivity contribution in [3.63, 3.8) is 0 Å². The third-order valence-electron chi connectivity index (χ3n) is 6.35. The third-order valence-corrected chi connectivity index (χ3v) is 6.35. The number of nitrogens with zero attached hydrogens (tertiary/aromatic N) is 2. The first-order chi connectivity index (χ1) is 16.2. The molecule has 0 aromatic heterocycles. The summed E-state index contributed by atoms with van der Waals surface area (Å²) >= 11 is 0. The summed E-state index contributed by atoms with van der Waals surface area (Å²) in [5, 5.41) is 0. The largest absolute Gasteiger partial charge is 0.332 e. The van der Waals surface area contributed by atoms with Gasteiger partial charge < -0.3 is 9.80 Å². The first-order valence-corrected chi connectivity index (χ1v) is 10.7. The van der Waals surface area contributed by atoms with Gasteiger partial charge in [-0.2, -0.15) is 0 Å². The van der Waals surface area contributed by atoms with Crippen LogP contribution in [0.1, 0.15) is 52.1 Å². The number of rotatable bonds is 5. The molecule has 2 amide bonds. The van der Waals surface area contributed by atoms with Crippen LogP contribution in [-0.2, 0) is 0 Å². The van der Waals surface area contributed by atoms with E-state index in [-0.39, 0.29) is 25.3 Å². The lowest BCUT2D eigenvalue weighted by Crippen LogP contribution is -2.52. The Morgan fingerprint density at radius 3 is 2.29 bits per heavy atom. The summed E-state index contributed by atoms with van der Waals surface area (Å²) in [6.07, 6.45) is 5.30. The van der Waals surface area contributed by atoms with E-state index in [2.05, 4.69) is 6.58 Å². The number of allylic oxidation sites excluding steroid dienone is 1. The molecule has 0 radical (unpaired) electrons. The van der Waals surface area contributed by atoms with E-state index in [1.54, 1.807) is 48.2 Å². The fraction of sp³-hybridized carbons (Fsp3) is 0.280. The van der Waals surface area contributed by atoms with Gasteiger partial charge in [0.25, 0.3) is 11.8 Å². The number of fused-ring (bicyclic) bond motifs is 3. The molecule has 178 valence electrons. The molecule has 2 aromatic carbocycles. The van der Waals surface area contributed by atoms with Crippen LogP contribution in [0.3, 0.4) is 0 Å².